The summed E-state index contributed by atoms with van der Waals surface area (Å²) in [4.78, 5) is 9.37. The number of aromatic nitrogens is 2. The molecule has 2 aliphatic carbocycles. The fraction of sp³-hybridized carbons (Fsp3) is 0.165. The number of nitrogens with zero attached hydrogens (tertiary/aromatic N) is 4. The SMILES string of the molecule is [2H]c1c([2H])c([2H])c2c(c1[2H])c1ccc(Oc3[c-]c(N4[CH-]N(c5c(-c6cc(C(C)(C)C)cc(C(C)(C)C)c6)cccc5-c5cccc6c5-c5ccccc5C65c6ccccc6-c6ccccc65)c5ccccc54)ccc3)[c-]c1n2-c1cc(C(C)(C)C)ccn1.[Pt]. The zero-order chi connectivity index (χ0) is 60.9. The third-order valence-corrected chi connectivity index (χ3v) is 17.6. The molecule has 12 aromatic rings. The van der Waals surface area contributed by atoms with Gasteiger partial charge in [0.2, 0.25) is 0 Å². The molecule has 0 unspecified atom stereocenters. The van der Waals surface area contributed by atoms with Gasteiger partial charge in [0, 0.05) is 72.5 Å². The van der Waals surface area contributed by atoms with Crippen LogP contribution >= 0.6 is 0 Å². The number of hydrogen-bond donors (Lipinski definition) is 0. The quantitative estimate of drug-likeness (QED) is 0.149. The topological polar surface area (TPSA) is 33.5 Å². The van der Waals surface area contributed by atoms with E-state index in [2.05, 4.69) is 249 Å². The standard InChI is InChI=1S/C79H65N4O.Pt/c1-76(2,3)51-41-42-80-73(46-51)83-69-36-17-13-27-60(69)61-40-39-56(48-72(61)83)84-55-24-20-23-54(47-55)81-49-82(71-38-19-18-37-70(71)81)75-57(50-43-52(77(4,5)6)45-53(44-50)78(7,8)9)29-21-31-63(75)62-30-22-35-68-74(62)64-28-12-16-34-67(64)79(68)65-32-14-10-25-58(65)59-26-11-15-33-66(59)79;/h10-46,49H,1-9H3;/q-3;/i13D,17D,27D,36D;. The summed E-state index contributed by atoms with van der Waals surface area (Å²) in [7, 11) is 0. The Kier molecular flexibility index (Phi) is 11.6. The van der Waals surface area contributed by atoms with Crippen molar-refractivity contribution < 1.29 is 31.3 Å². The molecule has 6 heteroatoms. The molecule has 420 valence electrons. The van der Waals surface area contributed by atoms with Gasteiger partial charge in [-0.05, 0) is 124 Å². The van der Waals surface area contributed by atoms with Crippen molar-refractivity contribution in [2.45, 2.75) is 84.0 Å². The third-order valence-electron chi connectivity index (χ3n) is 17.6. The molecule has 0 saturated carbocycles. The number of pyridine rings is 1. The van der Waals surface area contributed by atoms with Gasteiger partial charge in [-0.25, -0.2) is 4.98 Å². The van der Waals surface area contributed by atoms with Crippen molar-refractivity contribution in [2.75, 3.05) is 9.80 Å². The Hall–Kier alpha value is -8.76. The van der Waals surface area contributed by atoms with Gasteiger partial charge >= 0.3 is 0 Å². The van der Waals surface area contributed by atoms with Crippen molar-refractivity contribution in [2.24, 2.45) is 0 Å². The van der Waals surface area contributed by atoms with Gasteiger partial charge in [-0.2, -0.15) is 12.1 Å². The fourth-order valence-electron chi connectivity index (χ4n) is 13.4. The average Bonchev–Trinajstić information content (AvgIpc) is 1.51. The first-order valence-electron chi connectivity index (χ1n) is 31.1. The van der Waals surface area contributed by atoms with Crippen LogP contribution in [0.3, 0.4) is 0 Å². The van der Waals surface area contributed by atoms with Crippen molar-refractivity contribution in [3.05, 3.63) is 282 Å². The largest absolute Gasteiger partial charge is 0.509 e. The van der Waals surface area contributed by atoms with Gasteiger partial charge < -0.3 is 19.1 Å². The van der Waals surface area contributed by atoms with Crippen LogP contribution in [-0.2, 0) is 42.7 Å². The van der Waals surface area contributed by atoms with E-state index in [-0.39, 0.29) is 61.5 Å². The van der Waals surface area contributed by atoms with Crippen molar-refractivity contribution in [1.29, 1.82) is 0 Å². The third kappa shape index (κ3) is 8.55. The molecule has 85 heavy (non-hydrogen) atoms. The zero-order valence-electron chi connectivity index (χ0n) is 53.1. The molecule has 5 nitrogen and oxygen atoms in total. The Morgan fingerprint density at radius 3 is 1.73 bits per heavy atom. The van der Waals surface area contributed by atoms with Crippen molar-refractivity contribution in [3.8, 4) is 61.8 Å². The molecule has 1 aliphatic heterocycles. The van der Waals surface area contributed by atoms with Gasteiger partial charge in [-0.15, -0.1) is 48.1 Å². The van der Waals surface area contributed by atoms with Crippen molar-refractivity contribution in [1.82, 2.24) is 9.55 Å². The molecular weight excluding hydrogens is 1220 g/mol. The number of rotatable bonds is 7. The van der Waals surface area contributed by atoms with E-state index in [0.29, 0.717) is 39.1 Å². The van der Waals surface area contributed by atoms with Crippen LogP contribution in [0.25, 0.3) is 72.1 Å². The monoisotopic (exact) mass is 1280 g/mol. The number of anilines is 4. The average molecular weight is 1290 g/mol. The Morgan fingerprint density at radius 1 is 0.482 bits per heavy atom. The van der Waals surface area contributed by atoms with Crippen LogP contribution in [0.5, 0.6) is 11.5 Å². The van der Waals surface area contributed by atoms with Gasteiger partial charge in [-0.1, -0.05) is 225 Å². The Morgan fingerprint density at radius 2 is 1.04 bits per heavy atom. The molecule has 0 saturated heterocycles. The summed E-state index contributed by atoms with van der Waals surface area (Å²) in [5.74, 6) is 1.35. The number of fused-ring (bicyclic) bond motifs is 14. The maximum atomic E-state index is 9.19. The summed E-state index contributed by atoms with van der Waals surface area (Å²) in [6.07, 6.45) is 1.75. The summed E-state index contributed by atoms with van der Waals surface area (Å²) in [5.41, 5.74) is 21.9. The fourth-order valence-corrected chi connectivity index (χ4v) is 13.4. The van der Waals surface area contributed by atoms with E-state index < -0.39 is 5.41 Å². The first-order valence-corrected chi connectivity index (χ1v) is 29.1. The van der Waals surface area contributed by atoms with Crippen LogP contribution in [0.4, 0.5) is 22.7 Å². The first kappa shape index (κ1) is 49.6. The zero-order valence-corrected chi connectivity index (χ0v) is 51.4. The summed E-state index contributed by atoms with van der Waals surface area (Å²) in [6.45, 7) is 22.4. The van der Waals surface area contributed by atoms with E-state index in [9.17, 15) is 1.37 Å². The normalized spacial score (nSPS) is 14.5. The second kappa shape index (κ2) is 19.9. The predicted molar refractivity (Wildman–Crippen MR) is 347 cm³/mol. The molecule has 0 atom stereocenters. The molecule has 0 radical (unpaired) electrons. The van der Waals surface area contributed by atoms with Gasteiger partial charge in [0.15, 0.2) is 0 Å². The first-order chi connectivity index (χ1) is 42.2. The number of ether oxygens (including phenoxy) is 1. The second-order valence-corrected chi connectivity index (χ2v) is 25.8. The molecule has 2 aromatic heterocycles. The van der Waals surface area contributed by atoms with Crippen molar-refractivity contribution in [3.63, 3.8) is 0 Å². The summed E-state index contributed by atoms with van der Waals surface area (Å²) in [6, 6.07) is 76.4. The van der Waals surface area contributed by atoms with Crippen LogP contribution in [0.2, 0.25) is 0 Å². The molecule has 15 rings (SSSR count). The molecule has 0 fully saturated rings. The van der Waals surface area contributed by atoms with Crippen molar-refractivity contribution >= 4 is 44.6 Å². The van der Waals surface area contributed by atoms with E-state index in [4.69, 9.17) is 13.8 Å². The number of para-hydroxylation sites is 4. The second-order valence-electron chi connectivity index (χ2n) is 25.8. The van der Waals surface area contributed by atoms with Crippen LogP contribution in [-0.4, -0.2) is 9.55 Å². The maximum Gasteiger partial charge on any atom is 0.135 e. The smallest absolute Gasteiger partial charge is 0.135 e. The summed E-state index contributed by atoms with van der Waals surface area (Å²) in [5, 5.41) is 1.00. The van der Waals surface area contributed by atoms with E-state index in [0.717, 1.165) is 50.6 Å². The van der Waals surface area contributed by atoms with Gasteiger partial charge in [-0.3, -0.25) is 0 Å². The summed E-state index contributed by atoms with van der Waals surface area (Å²) >= 11 is 0. The Labute approximate surface area is 520 Å². The predicted octanol–water partition coefficient (Wildman–Crippen LogP) is 20.5. The minimum atomic E-state index is -0.520. The number of hydrogen-bond acceptors (Lipinski definition) is 4. The van der Waals surface area contributed by atoms with Crippen LogP contribution in [0, 0.1) is 18.8 Å². The minimum absolute atomic E-state index is 0. The van der Waals surface area contributed by atoms with Crippen LogP contribution in [0.1, 0.15) is 107 Å². The Balaban J connectivity index is 0.00000694. The number of benzene rings is 10. The van der Waals surface area contributed by atoms with E-state index >= 15 is 0 Å². The molecule has 0 bridgehead atoms. The van der Waals surface area contributed by atoms with Crippen LogP contribution < -0.4 is 14.5 Å². The minimum Gasteiger partial charge on any atom is -0.509 e. The van der Waals surface area contributed by atoms with Crippen LogP contribution in [0.15, 0.2) is 224 Å². The molecule has 3 aliphatic rings. The molecule has 10 aromatic carbocycles. The van der Waals surface area contributed by atoms with E-state index in [1.807, 2.05) is 30.3 Å². The Bertz CT molecular complexity index is 4830. The summed E-state index contributed by atoms with van der Waals surface area (Å²) < 4.78 is 44.3. The van der Waals surface area contributed by atoms with Gasteiger partial charge in [0.05, 0.1) is 10.9 Å². The maximum absolute atomic E-state index is 9.19. The van der Waals surface area contributed by atoms with E-state index in [1.54, 1.807) is 16.8 Å². The van der Waals surface area contributed by atoms with Gasteiger partial charge in [0.1, 0.15) is 5.82 Å². The molecular formula is C79H65N4OPt-3. The van der Waals surface area contributed by atoms with Gasteiger partial charge in [0.25, 0.3) is 0 Å². The molecule has 1 spiro atoms. The molecule has 0 N–H and O–H groups in total. The van der Waals surface area contributed by atoms with E-state index in [1.165, 1.54) is 55.6 Å². The molecule has 3 heterocycles. The molecule has 0 amide bonds.